The van der Waals surface area contributed by atoms with Gasteiger partial charge in [0, 0.05) is 11.8 Å². The van der Waals surface area contributed by atoms with Crippen molar-refractivity contribution in [2.45, 2.75) is 37.8 Å². The summed E-state index contributed by atoms with van der Waals surface area (Å²) in [5, 5.41) is 3.12. The number of halogens is 1. The predicted octanol–water partition coefficient (Wildman–Crippen LogP) is 4.15. The molecule has 1 heterocycles. The first-order chi connectivity index (χ1) is 12.2. The molecule has 2 atom stereocenters. The van der Waals surface area contributed by atoms with Crippen LogP contribution in [0, 0.1) is 11.7 Å². The third-order valence-electron chi connectivity index (χ3n) is 5.35. The fraction of sp³-hybridized carbons (Fsp3) is 0.333. The first-order valence-electron chi connectivity index (χ1n) is 8.86. The second-order valence-corrected chi connectivity index (χ2v) is 6.86. The van der Waals surface area contributed by atoms with E-state index in [1.165, 1.54) is 6.07 Å². The molecule has 3 nitrogen and oxygen atoms in total. The van der Waals surface area contributed by atoms with Crippen LogP contribution in [0.15, 0.2) is 53.5 Å². The molecule has 2 aliphatic rings. The molecule has 0 bridgehead atoms. The van der Waals surface area contributed by atoms with E-state index >= 15 is 0 Å². The molecule has 0 spiro atoms. The van der Waals surface area contributed by atoms with E-state index in [4.69, 9.17) is 0 Å². The van der Waals surface area contributed by atoms with Crippen molar-refractivity contribution in [3.8, 4) is 0 Å². The maximum Gasteiger partial charge on any atom is 0.233 e. The SMILES string of the molecule is O=C(NC(c1ccccc1F)C1CCC1)C1C=NCc2ccccc21. The summed E-state index contributed by atoms with van der Waals surface area (Å²) >= 11 is 0. The zero-order valence-electron chi connectivity index (χ0n) is 14.0. The molecule has 128 valence electrons. The minimum Gasteiger partial charge on any atom is -0.348 e. The summed E-state index contributed by atoms with van der Waals surface area (Å²) < 4.78 is 14.3. The molecule has 0 aromatic heterocycles. The van der Waals surface area contributed by atoms with Gasteiger partial charge in [0.1, 0.15) is 5.82 Å². The molecule has 2 aromatic rings. The van der Waals surface area contributed by atoms with Crippen molar-refractivity contribution in [3.63, 3.8) is 0 Å². The van der Waals surface area contributed by atoms with Crippen LogP contribution in [-0.4, -0.2) is 12.1 Å². The highest BCUT2D eigenvalue weighted by atomic mass is 19.1. The number of fused-ring (bicyclic) bond motifs is 1. The zero-order valence-corrected chi connectivity index (χ0v) is 14.0. The second kappa shape index (κ2) is 6.79. The quantitative estimate of drug-likeness (QED) is 0.895. The van der Waals surface area contributed by atoms with Gasteiger partial charge in [0.2, 0.25) is 5.91 Å². The van der Waals surface area contributed by atoms with Gasteiger partial charge in [0.05, 0.1) is 18.5 Å². The summed E-state index contributed by atoms with van der Waals surface area (Å²) in [6.45, 7) is 0.610. The number of benzene rings is 2. The van der Waals surface area contributed by atoms with E-state index in [0.29, 0.717) is 18.0 Å². The molecule has 0 saturated heterocycles. The lowest BCUT2D eigenvalue weighted by atomic mass is 9.76. The number of hydrogen-bond acceptors (Lipinski definition) is 2. The van der Waals surface area contributed by atoms with Crippen molar-refractivity contribution >= 4 is 12.1 Å². The molecular weight excluding hydrogens is 315 g/mol. The van der Waals surface area contributed by atoms with Crippen LogP contribution in [-0.2, 0) is 11.3 Å². The summed E-state index contributed by atoms with van der Waals surface area (Å²) in [4.78, 5) is 17.3. The van der Waals surface area contributed by atoms with E-state index in [0.717, 1.165) is 30.4 Å². The molecule has 2 aromatic carbocycles. The van der Waals surface area contributed by atoms with E-state index in [-0.39, 0.29) is 17.8 Å². The monoisotopic (exact) mass is 336 g/mol. The number of amides is 1. The number of nitrogens with zero attached hydrogens (tertiary/aromatic N) is 1. The molecule has 1 amide bonds. The lowest BCUT2D eigenvalue weighted by Gasteiger charge is -2.35. The van der Waals surface area contributed by atoms with Gasteiger partial charge >= 0.3 is 0 Å². The van der Waals surface area contributed by atoms with Crippen molar-refractivity contribution in [2.75, 3.05) is 0 Å². The fourth-order valence-corrected chi connectivity index (χ4v) is 3.72. The maximum absolute atomic E-state index is 14.3. The number of hydrogen-bond donors (Lipinski definition) is 1. The summed E-state index contributed by atoms with van der Waals surface area (Å²) in [5.41, 5.74) is 2.66. The van der Waals surface area contributed by atoms with Gasteiger partial charge in [-0.25, -0.2) is 4.39 Å². The summed E-state index contributed by atoms with van der Waals surface area (Å²) in [5.74, 6) is -0.454. The van der Waals surface area contributed by atoms with E-state index in [1.54, 1.807) is 18.3 Å². The third kappa shape index (κ3) is 3.09. The molecule has 0 radical (unpaired) electrons. The summed E-state index contributed by atoms with van der Waals surface area (Å²) in [6.07, 6.45) is 4.90. The van der Waals surface area contributed by atoms with Gasteiger partial charge in [0.25, 0.3) is 0 Å². The number of carbonyl (C=O) groups is 1. The van der Waals surface area contributed by atoms with Crippen molar-refractivity contribution in [2.24, 2.45) is 10.9 Å². The average Bonchev–Trinajstić information content (AvgIpc) is 2.59. The number of aliphatic imine (C=N–C) groups is 1. The Bertz CT molecular complexity index is 813. The van der Waals surface area contributed by atoms with Crippen molar-refractivity contribution in [3.05, 3.63) is 71.0 Å². The molecule has 4 rings (SSSR count). The van der Waals surface area contributed by atoms with Crippen LogP contribution in [0.2, 0.25) is 0 Å². The standard InChI is InChI=1S/C21H21FN2O/c22-19-11-4-3-10-17(19)20(14-7-5-8-14)24-21(25)18-13-23-12-15-6-1-2-9-16(15)18/h1-4,6,9-11,13-14,18,20H,5,7-8,12H2,(H,24,25). The topological polar surface area (TPSA) is 41.5 Å². The molecule has 1 fully saturated rings. The summed E-state index contributed by atoms with van der Waals surface area (Å²) in [7, 11) is 0. The normalized spacial score (nSPS) is 20.4. The fourth-order valence-electron chi connectivity index (χ4n) is 3.72. The highest BCUT2D eigenvalue weighted by molar-refractivity contribution is 6.00. The largest absolute Gasteiger partial charge is 0.348 e. The molecule has 1 aliphatic carbocycles. The number of carbonyl (C=O) groups excluding carboxylic acids is 1. The Labute approximate surface area is 147 Å². The van der Waals surface area contributed by atoms with E-state index < -0.39 is 5.92 Å². The molecule has 25 heavy (non-hydrogen) atoms. The Morgan fingerprint density at radius 2 is 1.88 bits per heavy atom. The molecular formula is C21H21FN2O. The van der Waals surface area contributed by atoms with Gasteiger partial charge in [-0.1, -0.05) is 48.9 Å². The molecule has 1 saturated carbocycles. The Hall–Kier alpha value is -2.49. The van der Waals surface area contributed by atoms with E-state index in [9.17, 15) is 9.18 Å². The minimum absolute atomic E-state index is 0.101. The lowest BCUT2D eigenvalue weighted by molar-refractivity contribution is -0.122. The number of rotatable bonds is 4. The molecule has 2 unspecified atom stereocenters. The van der Waals surface area contributed by atoms with Gasteiger partial charge in [-0.3, -0.25) is 9.79 Å². The van der Waals surface area contributed by atoms with E-state index in [2.05, 4.69) is 10.3 Å². The van der Waals surface area contributed by atoms with Crippen molar-refractivity contribution < 1.29 is 9.18 Å². The second-order valence-electron chi connectivity index (χ2n) is 6.86. The van der Waals surface area contributed by atoms with Crippen LogP contribution >= 0.6 is 0 Å². The Kier molecular flexibility index (Phi) is 4.35. The van der Waals surface area contributed by atoms with Crippen LogP contribution in [0.1, 0.15) is 47.9 Å². The van der Waals surface area contributed by atoms with Crippen molar-refractivity contribution in [1.82, 2.24) is 5.32 Å². The van der Waals surface area contributed by atoms with Crippen LogP contribution in [0.25, 0.3) is 0 Å². The van der Waals surface area contributed by atoms with Crippen molar-refractivity contribution in [1.29, 1.82) is 0 Å². The molecule has 4 heteroatoms. The van der Waals surface area contributed by atoms with Crippen LogP contribution in [0.5, 0.6) is 0 Å². The molecule has 1 N–H and O–H groups in total. The third-order valence-corrected chi connectivity index (χ3v) is 5.35. The van der Waals surface area contributed by atoms with Gasteiger partial charge in [-0.15, -0.1) is 0 Å². The predicted molar refractivity (Wildman–Crippen MR) is 96.0 cm³/mol. The Balaban J connectivity index is 1.60. The first-order valence-corrected chi connectivity index (χ1v) is 8.86. The smallest absolute Gasteiger partial charge is 0.233 e. The van der Waals surface area contributed by atoms with Gasteiger partial charge in [-0.2, -0.15) is 0 Å². The van der Waals surface area contributed by atoms with Crippen LogP contribution in [0.4, 0.5) is 4.39 Å². The highest BCUT2D eigenvalue weighted by Gasteiger charge is 2.33. The lowest BCUT2D eigenvalue weighted by Crippen LogP contribution is -2.40. The van der Waals surface area contributed by atoms with Gasteiger partial charge < -0.3 is 5.32 Å². The Morgan fingerprint density at radius 1 is 1.12 bits per heavy atom. The summed E-state index contributed by atoms with van der Waals surface area (Å²) in [6, 6.07) is 14.4. The highest BCUT2D eigenvalue weighted by Crippen LogP contribution is 2.39. The van der Waals surface area contributed by atoms with Gasteiger partial charge in [0.15, 0.2) is 0 Å². The van der Waals surface area contributed by atoms with E-state index in [1.807, 2.05) is 30.3 Å². The molecule has 1 aliphatic heterocycles. The maximum atomic E-state index is 14.3. The first kappa shape index (κ1) is 16.0. The Morgan fingerprint density at radius 3 is 2.64 bits per heavy atom. The zero-order chi connectivity index (χ0) is 17.2. The average molecular weight is 336 g/mol. The van der Waals surface area contributed by atoms with Crippen LogP contribution in [0.3, 0.4) is 0 Å². The number of nitrogens with one attached hydrogen (secondary N) is 1. The van der Waals surface area contributed by atoms with Gasteiger partial charge in [-0.05, 0) is 36.0 Å². The minimum atomic E-state index is -0.403. The van der Waals surface area contributed by atoms with Crippen LogP contribution < -0.4 is 5.32 Å².